The monoisotopic (exact) mass is 495 g/mol. The van der Waals surface area contributed by atoms with E-state index >= 15 is 0 Å². The topological polar surface area (TPSA) is 45.7 Å². The van der Waals surface area contributed by atoms with Crippen LogP contribution < -0.4 is 10.6 Å². The van der Waals surface area contributed by atoms with Crippen molar-refractivity contribution in [2.45, 2.75) is 49.7 Å². The van der Waals surface area contributed by atoms with Crippen LogP contribution in [0.3, 0.4) is 0 Å². The Bertz CT molecular complexity index is 589. The zero-order chi connectivity index (χ0) is 16.9. The minimum atomic E-state index is 0. The lowest BCUT2D eigenvalue weighted by Gasteiger charge is -2.23. The summed E-state index contributed by atoms with van der Waals surface area (Å²) in [7, 11) is 0. The molecule has 7 heteroatoms. The highest BCUT2D eigenvalue weighted by molar-refractivity contribution is 14.0. The van der Waals surface area contributed by atoms with Crippen LogP contribution in [0.4, 0.5) is 0 Å². The smallest absolute Gasteiger partial charge is 0.191 e. The maximum absolute atomic E-state index is 6.12. The molecule has 1 aromatic rings. The largest absolute Gasteiger partial charge is 0.373 e. The van der Waals surface area contributed by atoms with Gasteiger partial charge in [-0.05, 0) is 50.1 Å². The molecule has 0 saturated carbocycles. The third kappa shape index (κ3) is 5.65. The number of ether oxygens (including phenoxy) is 1. The average molecular weight is 496 g/mol. The molecule has 140 valence electrons. The first kappa shape index (κ1) is 21.1. The fraction of sp³-hybridized carbons (Fsp3) is 0.611. The van der Waals surface area contributed by atoms with Gasteiger partial charge in [-0.25, -0.2) is 0 Å². The summed E-state index contributed by atoms with van der Waals surface area (Å²) < 4.78 is 5.93. The van der Waals surface area contributed by atoms with Crippen molar-refractivity contribution < 1.29 is 4.74 Å². The zero-order valence-corrected chi connectivity index (χ0v) is 18.6. The predicted octanol–water partition coefficient (Wildman–Crippen LogP) is 4.24. The molecule has 25 heavy (non-hydrogen) atoms. The molecule has 0 aromatic heterocycles. The second-order valence-corrected chi connectivity index (χ2v) is 7.84. The maximum Gasteiger partial charge on any atom is 0.191 e. The van der Waals surface area contributed by atoms with Crippen molar-refractivity contribution in [1.82, 2.24) is 10.6 Å². The van der Waals surface area contributed by atoms with Gasteiger partial charge >= 0.3 is 0 Å². The molecule has 0 radical (unpaired) electrons. The summed E-state index contributed by atoms with van der Waals surface area (Å²) in [5.74, 6) is 0.889. The summed E-state index contributed by atoms with van der Waals surface area (Å²) in [6.45, 7) is 3.67. The number of hydrogen-bond acceptors (Lipinski definition) is 3. The van der Waals surface area contributed by atoms with Gasteiger partial charge < -0.3 is 15.4 Å². The van der Waals surface area contributed by atoms with Gasteiger partial charge in [-0.1, -0.05) is 23.7 Å². The normalized spacial score (nSPS) is 26.2. The molecule has 1 aromatic carbocycles. The van der Waals surface area contributed by atoms with E-state index in [1.165, 1.54) is 12.0 Å². The standard InChI is InChI=1S/C18H26ClN3OS.HI/c1-3-20-18(22-15-10-14-7-8-16(15)23-14)21-11-17(24-2)12-5-4-6-13(19)9-12;/h4-6,9,14-17H,3,7-8,10-11H2,1-2H3,(H2,20,21,22);1H. The Morgan fingerprint density at radius 2 is 2.28 bits per heavy atom. The van der Waals surface area contributed by atoms with Crippen LogP contribution in [0.15, 0.2) is 29.3 Å². The number of thioether (sulfide) groups is 1. The molecule has 4 unspecified atom stereocenters. The van der Waals surface area contributed by atoms with E-state index in [-0.39, 0.29) is 24.0 Å². The average Bonchev–Trinajstić information content (AvgIpc) is 3.18. The molecule has 0 aliphatic carbocycles. The summed E-state index contributed by atoms with van der Waals surface area (Å²) in [5, 5.41) is 8.01. The van der Waals surface area contributed by atoms with Crippen molar-refractivity contribution in [3.8, 4) is 0 Å². The first-order valence-electron chi connectivity index (χ1n) is 8.68. The number of aliphatic imine (C=N–C) groups is 1. The summed E-state index contributed by atoms with van der Waals surface area (Å²) >= 11 is 7.92. The van der Waals surface area contributed by atoms with Crippen LogP contribution in [-0.2, 0) is 4.74 Å². The predicted molar refractivity (Wildman–Crippen MR) is 119 cm³/mol. The number of guanidine groups is 1. The molecular weight excluding hydrogens is 469 g/mol. The summed E-state index contributed by atoms with van der Waals surface area (Å²) in [4.78, 5) is 4.81. The van der Waals surface area contributed by atoms with E-state index < -0.39 is 0 Å². The van der Waals surface area contributed by atoms with Gasteiger partial charge in [-0.3, -0.25) is 4.99 Å². The molecule has 0 amide bonds. The number of nitrogens with zero attached hydrogens (tertiary/aromatic N) is 1. The fourth-order valence-electron chi connectivity index (χ4n) is 3.48. The highest BCUT2D eigenvalue weighted by Gasteiger charge is 2.41. The van der Waals surface area contributed by atoms with Crippen LogP contribution in [-0.4, -0.2) is 43.6 Å². The molecule has 4 nitrogen and oxygen atoms in total. The molecule has 4 atom stereocenters. The molecule has 2 bridgehead atoms. The van der Waals surface area contributed by atoms with Crippen molar-refractivity contribution in [3.05, 3.63) is 34.9 Å². The summed E-state index contributed by atoms with van der Waals surface area (Å²) in [5.41, 5.74) is 1.22. The van der Waals surface area contributed by atoms with Crippen molar-refractivity contribution in [2.24, 2.45) is 4.99 Å². The van der Waals surface area contributed by atoms with Gasteiger partial charge in [0, 0.05) is 16.8 Å². The first-order chi connectivity index (χ1) is 11.7. The van der Waals surface area contributed by atoms with Crippen LogP contribution in [0.2, 0.25) is 5.02 Å². The summed E-state index contributed by atoms with van der Waals surface area (Å²) in [6.07, 6.45) is 6.38. The summed E-state index contributed by atoms with van der Waals surface area (Å²) in [6, 6.07) is 8.45. The highest BCUT2D eigenvalue weighted by atomic mass is 127. The molecular formula is C18H27ClIN3OS. The Labute approximate surface area is 176 Å². The Morgan fingerprint density at radius 3 is 2.88 bits per heavy atom. The van der Waals surface area contributed by atoms with Gasteiger partial charge in [-0.2, -0.15) is 11.8 Å². The second-order valence-electron chi connectivity index (χ2n) is 6.36. The molecule has 2 N–H and O–H groups in total. The van der Waals surface area contributed by atoms with E-state index in [0.29, 0.717) is 23.5 Å². The number of benzene rings is 1. The van der Waals surface area contributed by atoms with Crippen LogP contribution >= 0.6 is 47.3 Å². The fourth-order valence-corrected chi connectivity index (χ4v) is 4.32. The zero-order valence-electron chi connectivity index (χ0n) is 14.7. The molecule has 2 saturated heterocycles. The third-order valence-electron chi connectivity index (χ3n) is 4.69. The molecule has 2 aliphatic rings. The van der Waals surface area contributed by atoms with Crippen molar-refractivity contribution in [1.29, 1.82) is 0 Å². The van der Waals surface area contributed by atoms with Crippen molar-refractivity contribution >= 4 is 53.3 Å². The molecule has 3 rings (SSSR count). The SMILES string of the molecule is CCNC(=NCC(SC)c1cccc(Cl)c1)NC1CC2CCC1O2.I. The number of rotatable bonds is 6. The first-order valence-corrected chi connectivity index (χ1v) is 10.3. The van der Waals surface area contributed by atoms with Gasteiger partial charge in [0.15, 0.2) is 5.96 Å². The maximum atomic E-state index is 6.12. The Kier molecular flexibility index (Phi) is 8.64. The van der Waals surface area contributed by atoms with Gasteiger partial charge in [0.25, 0.3) is 0 Å². The van der Waals surface area contributed by atoms with Crippen LogP contribution in [0, 0.1) is 0 Å². The van der Waals surface area contributed by atoms with Crippen LogP contribution in [0.5, 0.6) is 0 Å². The number of fused-ring (bicyclic) bond motifs is 2. The molecule has 2 aliphatic heterocycles. The Hall–Kier alpha value is -0.180. The molecule has 0 spiro atoms. The van der Waals surface area contributed by atoms with E-state index in [0.717, 1.165) is 36.9 Å². The van der Waals surface area contributed by atoms with Gasteiger partial charge in [0.2, 0.25) is 0 Å². The Balaban J connectivity index is 0.00000225. The van der Waals surface area contributed by atoms with Gasteiger partial charge in [-0.15, -0.1) is 24.0 Å². The lowest BCUT2D eigenvalue weighted by Crippen LogP contribution is -2.47. The van der Waals surface area contributed by atoms with Gasteiger partial charge in [0.1, 0.15) is 0 Å². The minimum absolute atomic E-state index is 0. The van der Waals surface area contributed by atoms with E-state index in [1.807, 2.05) is 18.2 Å². The highest BCUT2D eigenvalue weighted by Crippen LogP contribution is 2.34. The lowest BCUT2D eigenvalue weighted by atomic mass is 9.96. The van der Waals surface area contributed by atoms with Gasteiger partial charge in [0.05, 0.1) is 24.8 Å². The molecule has 2 heterocycles. The van der Waals surface area contributed by atoms with Crippen molar-refractivity contribution in [2.75, 3.05) is 19.3 Å². The Morgan fingerprint density at radius 1 is 1.44 bits per heavy atom. The quantitative estimate of drug-likeness (QED) is 0.352. The van der Waals surface area contributed by atoms with E-state index in [1.54, 1.807) is 11.8 Å². The number of hydrogen-bond donors (Lipinski definition) is 2. The second kappa shape index (κ2) is 10.2. The van der Waals surface area contributed by atoms with E-state index in [9.17, 15) is 0 Å². The molecule has 2 fully saturated rings. The minimum Gasteiger partial charge on any atom is -0.373 e. The van der Waals surface area contributed by atoms with E-state index in [4.69, 9.17) is 21.3 Å². The lowest BCUT2D eigenvalue weighted by molar-refractivity contribution is 0.0992. The van der Waals surface area contributed by atoms with E-state index in [2.05, 4.69) is 29.9 Å². The van der Waals surface area contributed by atoms with Crippen LogP contribution in [0.25, 0.3) is 0 Å². The van der Waals surface area contributed by atoms with Crippen molar-refractivity contribution in [3.63, 3.8) is 0 Å². The third-order valence-corrected chi connectivity index (χ3v) is 5.92. The number of halogens is 2. The van der Waals surface area contributed by atoms with Crippen LogP contribution in [0.1, 0.15) is 37.0 Å². The number of nitrogens with one attached hydrogen (secondary N) is 2.